The van der Waals surface area contributed by atoms with Crippen LogP contribution in [0.4, 0.5) is 15.3 Å². The third-order valence-corrected chi connectivity index (χ3v) is 8.33. The van der Waals surface area contributed by atoms with Crippen LogP contribution in [0.15, 0.2) is 36.4 Å². The van der Waals surface area contributed by atoms with Crippen molar-refractivity contribution >= 4 is 17.9 Å². The number of piperazine rings is 1. The number of carbonyl (C=O) groups excluding carboxylic acids is 2. The molecule has 0 N–H and O–H groups in total. The molecule has 2 aromatic rings. The van der Waals surface area contributed by atoms with Gasteiger partial charge in [-0.15, -0.1) is 0 Å². The van der Waals surface area contributed by atoms with Crippen LogP contribution in [0.1, 0.15) is 56.9 Å². The number of anilines is 1. The lowest BCUT2D eigenvalue weighted by Gasteiger charge is -2.43. The van der Waals surface area contributed by atoms with Crippen molar-refractivity contribution in [1.29, 1.82) is 5.26 Å². The van der Waals surface area contributed by atoms with Crippen LogP contribution in [-0.4, -0.2) is 95.9 Å². The molecule has 3 aliphatic heterocycles. The van der Waals surface area contributed by atoms with Crippen molar-refractivity contribution in [1.82, 2.24) is 19.7 Å². The van der Waals surface area contributed by atoms with Crippen molar-refractivity contribution in [2.45, 2.75) is 77.4 Å². The lowest BCUT2D eigenvalue weighted by molar-refractivity contribution is 0.0145. The Bertz CT molecular complexity index is 1350. The van der Waals surface area contributed by atoms with Crippen molar-refractivity contribution in [3.8, 4) is 11.9 Å². The second kappa shape index (κ2) is 13.7. The van der Waals surface area contributed by atoms with Crippen LogP contribution in [0.3, 0.4) is 0 Å². The number of hydrogen-bond donors (Lipinski definition) is 0. The van der Waals surface area contributed by atoms with Crippen molar-refractivity contribution < 1.29 is 23.8 Å². The van der Waals surface area contributed by atoms with E-state index in [1.807, 2.05) is 57.2 Å². The zero-order valence-electron chi connectivity index (χ0n) is 26.3. The van der Waals surface area contributed by atoms with Gasteiger partial charge in [0.15, 0.2) is 0 Å². The summed E-state index contributed by atoms with van der Waals surface area (Å²) in [5.74, 6) is 0.541. The van der Waals surface area contributed by atoms with E-state index in [2.05, 4.69) is 22.9 Å². The van der Waals surface area contributed by atoms with E-state index in [0.29, 0.717) is 45.0 Å². The highest BCUT2D eigenvalue weighted by Gasteiger charge is 2.36. The first-order valence-corrected chi connectivity index (χ1v) is 15.5. The van der Waals surface area contributed by atoms with Gasteiger partial charge in [-0.25, -0.2) is 14.6 Å². The van der Waals surface area contributed by atoms with Crippen LogP contribution in [0.25, 0.3) is 0 Å². The van der Waals surface area contributed by atoms with Gasteiger partial charge in [0.05, 0.1) is 30.8 Å². The SMILES string of the molecule is CN1CCC(Oc2cc(N3CCN(C(=O)OC(C)(C)C)C(CC#N)C3)c3c(n2)CN(C(=O)OCc2ccccc2)CC3)CC1. The average Bonchev–Trinajstić information content (AvgIpc) is 3.00. The van der Waals surface area contributed by atoms with Gasteiger partial charge in [-0.3, -0.25) is 0 Å². The number of nitrogens with zero attached hydrogens (tertiary/aromatic N) is 6. The second-order valence-corrected chi connectivity index (χ2v) is 12.9. The predicted molar refractivity (Wildman–Crippen MR) is 165 cm³/mol. The van der Waals surface area contributed by atoms with Crippen LogP contribution >= 0.6 is 0 Å². The van der Waals surface area contributed by atoms with Crippen molar-refractivity contribution in [2.24, 2.45) is 0 Å². The fourth-order valence-electron chi connectivity index (χ4n) is 5.99. The average molecular weight is 605 g/mol. The van der Waals surface area contributed by atoms with E-state index >= 15 is 0 Å². The Kier molecular flexibility index (Phi) is 9.79. The predicted octanol–water partition coefficient (Wildman–Crippen LogP) is 4.59. The van der Waals surface area contributed by atoms with Crippen LogP contribution in [-0.2, 0) is 29.0 Å². The fourth-order valence-corrected chi connectivity index (χ4v) is 5.99. The minimum absolute atomic E-state index is 0.0653. The molecule has 0 spiro atoms. The number of carbonyl (C=O) groups is 2. The first-order valence-electron chi connectivity index (χ1n) is 15.5. The topological polar surface area (TPSA) is 111 Å². The van der Waals surface area contributed by atoms with Gasteiger partial charge < -0.3 is 33.8 Å². The third-order valence-electron chi connectivity index (χ3n) is 8.33. The number of fused-ring (bicyclic) bond motifs is 1. The number of rotatable bonds is 6. The molecule has 5 rings (SSSR count). The van der Waals surface area contributed by atoms with Gasteiger partial charge in [0.25, 0.3) is 0 Å². The molecule has 11 heteroatoms. The Morgan fingerprint density at radius 1 is 1.05 bits per heavy atom. The van der Waals surface area contributed by atoms with Crippen LogP contribution < -0.4 is 9.64 Å². The maximum Gasteiger partial charge on any atom is 0.410 e. The highest BCUT2D eigenvalue weighted by molar-refractivity contribution is 5.71. The van der Waals surface area contributed by atoms with E-state index in [4.69, 9.17) is 19.2 Å². The molecular formula is C33H44N6O5. The number of amides is 2. The molecule has 2 amide bonds. The first-order chi connectivity index (χ1) is 21.1. The number of pyridine rings is 1. The summed E-state index contributed by atoms with van der Waals surface area (Å²) in [6, 6.07) is 13.6. The molecule has 0 radical (unpaired) electrons. The summed E-state index contributed by atoms with van der Waals surface area (Å²) in [5, 5.41) is 9.61. The highest BCUT2D eigenvalue weighted by atomic mass is 16.6. The van der Waals surface area contributed by atoms with Gasteiger partial charge in [-0.2, -0.15) is 5.26 Å². The summed E-state index contributed by atoms with van der Waals surface area (Å²) >= 11 is 0. The van der Waals surface area contributed by atoms with E-state index in [9.17, 15) is 14.9 Å². The number of piperidine rings is 1. The van der Waals surface area contributed by atoms with Gasteiger partial charge >= 0.3 is 12.2 Å². The molecule has 2 fully saturated rings. The maximum absolute atomic E-state index is 13.1. The largest absolute Gasteiger partial charge is 0.474 e. The number of aromatic nitrogens is 1. The van der Waals surface area contributed by atoms with Crippen LogP contribution in [0.5, 0.6) is 5.88 Å². The van der Waals surface area contributed by atoms with Crippen LogP contribution in [0.2, 0.25) is 0 Å². The van der Waals surface area contributed by atoms with E-state index < -0.39 is 11.7 Å². The summed E-state index contributed by atoms with van der Waals surface area (Å²) < 4.78 is 17.7. The van der Waals surface area contributed by atoms with E-state index in [1.165, 1.54) is 0 Å². The van der Waals surface area contributed by atoms with Crippen molar-refractivity contribution in [3.63, 3.8) is 0 Å². The summed E-state index contributed by atoms with van der Waals surface area (Å²) in [6.45, 7) is 9.99. The number of nitriles is 1. The molecule has 44 heavy (non-hydrogen) atoms. The molecule has 1 unspecified atom stereocenters. The fraction of sp³-hybridized carbons (Fsp3) is 0.576. The summed E-state index contributed by atoms with van der Waals surface area (Å²) in [6.07, 6.45) is 1.94. The maximum atomic E-state index is 13.1. The van der Waals surface area contributed by atoms with E-state index in [0.717, 1.165) is 48.4 Å². The molecule has 4 heterocycles. The highest BCUT2D eigenvalue weighted by Crippen LogP contribution is 2.34. The van der Waals surface area contributed by atoms with Crippen LogP contribution in [0, 0.1) is 11.3 Å². The zero-order chi connectivity index (χ0) is 31.3. The lowest BCUT2D eigenvalue weighted by Crippen LogP contribution is -2.56. The number of benzene rings is 1. The summed E-state index contributed by atoms with van der Waals surface area (Å²) in [7, 11) is 2.12. The lowest BCUT2D eigenvalue weighted by atomic mass is 10.0. The Labute approximate surface area is 260 Å². The normalized spacial score (nSPS) is 19.6. The van der Waals surface area contributed by atoms with E-state index in [-0.39, 0.29) is 31.3 Å². The number of ether oxygens (including phenoxy) is 3. The minimum atomic E-state index is -0.621. The Balaban J connectivity index is 1.37. The quantitative estimate of drug-likeness (QED) is 0.467. The number of hydrogen-bond acceptors (Lipinski definition) is 9. The molecule has 0 aliphatic carbocycles. The number of likely N-dealkylation sites (tertiary alicyclic amines) is 1. The molecule has 1 atom stereocenters. The first kappa shape index (κ1) is 31.4. The van der Waals surface area contributed by atoms with Gasteiger partial charge in [-0.05, 0) is 52.6 Å². The van der Waals surface area contributed by atoms with Gasteiger partial charge in [0.1, 0.15) is 18.3 Å². The molecule has 0 bridgehead atoms. The monoisotopic (exact) mass is 604 g/mol. The molecule has 1 aromatic heterocycles. The molecule has 1 aromatic carbocycles. The van der Waals surface area contributed by atoms with Gasteiger partial charge in [0, 0.05) is 56.6 Å². The second-order valence-electron chi connectivity index (χ2n) is 12.9. The standard InChI is InChI=1S/C33H44N6O5/c1-33(2,3)44-32(41)39-19-18-37(21-25(39)10-14-34)29-20-30(43-26-11-15-36(4)16-12-26)35-28-22-38(17-13-27(28)29)31(40)42-23-24-8-6-5-7-9-24/h5-9,20,25-26H,10-13,15-19,21-23H2,1-4H3. The molecule has 2 saturated heterocycles. The molecule has 3 aliphatic rings. The molecule has 11 nitrogen and oxygen atoms in total. The Morgan fingerprint density at radius 2 is 1.80 bits per heavy atom. The van der Waals surface area contributed by atoms with Gasteiger partial charge in [-0.1, -0.05) is 30.3 Å². The molecule has 236 valence electrons. The molecular weight excluding hydrogens is 560 g/mol. The molecule has 0 saturated carbocycles. The van der Waals surface area contributed by atoms with Crippen molar-refractivity contribution in [2.75, 3.05) is 51.2 Å². The Morgan fingerprint density at radius 3 is 2.50 bits per heavy atom. The zero-order valence-corrected chi connectivity index (χ0v) is 26.3. The minimum Gasteiger partial charge on any atom is -0.474 e. The smallest absolute Gasteiger partial charge is 0.410 e. The van der Waals surface area contributed by atoms with Crippen molar-refractivity contribution in [3.05, 3.63) is 53.2 Å². The van der Waals surface area contributed by atoms with E-state index in [1.54, 1.807) is 9.80 Å². The third kappa shape index (κ3) is 7.91. The van der Waals surface area contributed by atoms with Gasteiger partial charge in [0.2, 0.25) is 5.88 Å². The Hall–Kier alpha value is -4.04. The summed E-state index contributed by atoms with van der Waals surface area (Å²) in [4.78, 5) is 38.9. The summed E-state index contributed by atoms with van der Waals surface area (Å²) in [5.41, 5.74) is 3.16.